The highest BCUT2D eigenvalue weighted by Gasteiger charge is 2.48. The maximum absolute atomic E-state index is 12.9. The number of rotatable bonds is 7. The molecule has 1 unspecified atom stereocenters. The number of amides is 1. The van der Waals surface area contributed by atoms with Gasteiger partial charge in [0.15, 0.2) is 0 Å². The number of aliphatic hydroxyl groups excluding tert-OH is 1. The van der Waals surface area contributed by atoms with Crippen molar-refractivity contribution in [3.8, 4) is 11.3 Å². The molecule has 0 spiro atoms. The first-order chi connectivity index (χ1) is 16.7. The summed E-state index contributed by atoms with van der Waals surface area (Å²) in [6, 6.07) is 8.76. The van der Waals surface area contributed by atoms with Crippen molar-refractivity contribution in [3.05, 3.63) is 52.6 Å². The molecule has 1 saturated carbocycles. The van der Waals surface area contributed by atoms with Gasteiger partial charge in [-0.25, -0.2) is 4.98 Å². The van der Waals surface area contributed by atoms with Crippen LogP contribution in [0.1, 0.15) is 70.8 Å². The fourth-order valence-electron chi connectivity index (χ4n) is 5.71. The lowest BCUT2D eigenvalue weighted by Crippen LogP contribution is -2.60. The third-order valence-corrected chi connectivity index (χ3v) is 8.26. The van der Waals surface area contributed by atoms with E-state index in [1.54, 1.807) is 6.07 Å². The van der Waals surface area contributed by atoms with E-state index in [0.717, 1.165) is 12.0 Å². The predicted octanol–water partition coefficient (Wildman–Crippen LogP) is 3.75. The summed E-state index contributed by atoms with van der Waals surface area (Å²) >= 11 is 0. The summed E-state index contributed by atoms with van der Waals surface area (Å²) in [6.45, 7) is 4.89. The van der Waals surface area contributed by atoms with E-state index in [4.69, 9.17) is 0 Å². The van der Waals surface area contributed by atoms with Crippen molar-refractivity contribution in [2.75, 3.05) is 13.1 Å². The third kappa shape index (κ3) is 5.67. The van der Waals surface area contributed by atoms with Crippen LogP contribution < -0.4 is 5.56 Å². The Labute approximate surface area is 207 Å². The minimum atomic E-state index is -1.14. The monoisotopic (exact) mass is 481 g/mol. The van der Waals surface area contributed by atoms with Crippen LogP contribution >= 0.6 is 0 Å². The SMILES string of the molecule is CC1(C)CN(C(=O)CCC2CCCCC2)CCC1(O)Cn1cnc(-c2ccccc2CO)cc1=O. The molecule has 7 nitrogen and oxygen atoms in total. The minimum Gasteiger partial charge on any atom is -0.392 e. The van der Waals surface area contributed by atoms with Crippen LogP contribution in [0.4, 0.5) is 0 Å². The summed E-state index contributed by atoms with van der Waals surface area (Å²) in [4.78, 5) is 32.2. The Kier molecular flexibility index (Phi) is 7.77. The molecule has 35 heavy (non-hydrogen) atoms. The average molecular weight is 482 g/mol. The molecular weight excluding hydrogens is 442 g/mol. The molecule has 2 aromatic rings. The van der Waals surface area contributed by atoms with Crippen LogP contribution in [-0.2, 0) is 17.9 Å². The molecular formula is C28H39N3O4. The van der Waals surface area contributed by atoms with Crippen LogP contribution in [0.15, 0.2) is 41.5 Å². The van der Waals surface area contributed by atoms with Crippen molar-refractivity contribution in [2.24, 2.45) is 11.3 Å². The number of benzene rings is 1. The molecule has 1 aromatic carbocycles. The Morgan fingerprint density at radius 3 is 2.60 bits per heavy atom. The second-order valence-electron chi connectivity index (χ2n) is 11.1. The number of hydrogen-bond donors (Lipinski definition) is 2. The van der Waals surface area contributed by atoms with Crippen LogP contribution in [0.3, 0.4) is 0 Å². The van der Waals surface area contributed by atoms with Crippen molar-refractivity contribution in [1.82, 2.24) is 14.5 Å². The van der Waals surface area contributed by atoms with E-state index >= 15 is 0 Å². The number of carbonyl (C=O) groups excluding carboxylic acids is 1. The Morgan fingerprint density at radius 2 is 1.91 bits per heavy atom. The smallest absolute Gasteiger partial charge is 0.253 e. The van der Waals surface area contributed by atoms with E-state index < -0.39 is 11.0 Å². The third-order valence-electron chi connectivity index (χ3n) is 8.26. The zero-order valence-corrected chi connectivity index (χ0v) is 21.1. The normalized spacial score (nSPS) is 22.8. The number of aliphatic hydroxyl groups is 2. The van der Waals surface area contributed by atoms with E-state index in [2.05, 4.69) is 4.98 Å². The number of carbonyl (C=O) groups is 1. The van der Waals surface area contributed by atoms with Gasteiger partial charge in [-0.05, 0) is 24.3 Å². The highest BCUT2D eigenvalue weighted by Crippen LogP contribution is 2.40. The lowest BCUT2D eigenvalue weighted by atomic mass is 9.69. The standard InChI is InChI=1S/C28H39N3O4/c1-27(2)18-30(25(33)13-12-21-8-4-3-5-9-21)15-14-28(27,35)19-31-20-29-24(16-26(31)34)23-11-7-6-10-22(23)17-32/h6-7,10-11,16,20-21,32,35H,3-5,8-9,12-15,17-19H2,1-2H3. The van der Waals surface area contributed by atoms with E-state index in [1.165, 1.54) is 49.1 Å². The van der Waals surface area contributed by atoms with Crippen LogP contribution in [0.2, 0.25) is 0 Å². The Balaban J connectivity index is 1.42. The van der Waals surface area contributed by atoms with E-state index in [-0.39, 0.29) is 24.6 Å². The first-order valence-corrected chi connectivity index (χ1v) is 13.0. The van der Waals surface area contributed by atoms with Gasteiger partial charge in [-0.1, -0.05) is 70.2 Å². The fraction of sp³-hybridized carbons (Fsp3) is 0.607. The number of hydrogen-bond acceptors (Lipinski definition) is 5. The fourth-order valence-corrected chi connectivity index (χ4v) is 5.71. The van der Waals surface area contributed by atoms with Crippen LogP contribution in [0.5, 0.6) is 0 Å². The van der Waals surface area contributed by atoms with E-state index in [1.807, 2.05) is 36.9 Å². The summed E-state index contributed by atoms with van der Waals surface area (Å²) in [5, 5.41) is 21.2. The molecule has 190 valence electrons. The van der Waals surface area contributed by atoms with Crippen LogP contribution in [-0.4, -0.2) is 49.3 Å². The number of piperidine rings is 1. The molecule has 1 aromatic heterocycles. The first-order valence-electron chi connectivity index (χ1n) is 13.0. The number of aromatic nitrogens is 2. The van der Waals surface area contributed by atoms with E-state index in [0.29, 0.717) is 43.1 Å². The molecule has 4 rings (SSSR count). The summed E-state index contributed by atoms with van der Waals surface area (Å²) in [7, 11) is 0. The van der Waals surface area contributed by atoms with Crippen LogP contribution in [0.25, 0.3) is 11.3 Å². The molecule has 2 N–H and O–H groups in total. The Morgan fingerprint density at radius 1 is 1.17 bits per heavy atom. The van der Waals surface area contributed by atoms with Gasteiger partial charge in [0.2, 0.25) is 5.91 Å². The van der Waals surface area contributed by atoms with Crippen molar-refractivity contribution >= 4 is 5.91 Å². The minimum absolute atomic E-state index is 0.123. The summed E-state index contributed by atoms with van der Waals surface area (Å²) < 4.78 is 1.45. The topological polar surface area (TPSA) is 95.7 Å². The maximum atomic E-state index is 12.9. The zero-order chi connectivity index (χ0) is 25.1. The van der Waals surface area contributed by atoms with Crippen molar-refractivity contribution < 1.29 is 15.0 Å². The van der Waals surface area contributed by atoms with Gasteiger partial charge in [-0.3, -0.25) is 14.2 Å². The van der Waals surface area contributed by atoms with E-state index in [9.17, 15) is 19.8 Å². The molecule has 2 fully saturated rings. The largest absolute Gasteiger partial charge is 0.392 e. The molecule has 1 atom stereocenters. The Hall–Kier alpha value is -2.51. The molecule has 1 saturated heterocycles. The van der Waals surface area contributed by atoms with Gasteiger partial charge in [0.25, 0.3) is 5.56 Å². The second-order valence-corrected chi connectivity index (χ2v) is 11.1. The molecule has 1 amide bonds. The molecule has 2 heterocycles. The predicted molar refractivity (Wildman–Crippen MR) is 136 cm³/mol. The van der Waals surface area contributed by atoms with Gasteiger partial charge in [-0.2, -0.15) is 0 Å². The van der Waals surface area contributed by atoms with Gasteiger partial charge in [0, 0.05) is 36.6 Å². The van der Waals surface area contributed by atoms with Gasteiger partial charge in [0.05, 0.1) is 30.8 Å². The molecule has 7 heteroatoms. The highest BCUT2D eigenvalue weighted by atomic mass is 16.3. The number of nitrogens with zero attached hydrogens (tertiary/aromatic N) is 3. The van der Waals surface area contributed by atoms with Gasteiger partial charge in [0.1, 0.15) is 0 Å². The quantitative estimate of drug-likeness (QED) is 0.628. The van der Waals surface area contributed by atoms with Crippen molar-refractivity contribution in [1.29, 1.82) is 0 Å². The maximum Gasteiger partial charge on any atom is 0.253 e. The summed E-state index contributed by atoms with van der Waals surface area (Å²) in [6.07, 6.45) is 9.81. The lowest BCUT2D eigenvalue weighted by Gasteiger charge is -2.50. The molecule has 1 aliphatic carbocycles. The zero-order valence-electron chi connectivity index (χ0n) is 21.1. The first kappa shape index (κ1) is 25.6. The van der Waals surface area contributed by atoms with Gasteiger partial charge in [-0.15, -0.1) is 0 Å². The second kappa shape index (κ2) is 10.6. The molecule has 1 aliphatic heterocycles. The molecule has 2 aliphatic rings. The number of likely N-dealkylation sites (tertiary alicyclic amines) is 1. The Bertz CT molecular complexity index is 1090. The molecule has 0 bridgehead atoms. The summed E-state index contributed by atoms with van der Waals surface area (Å²) in [5.74, 6) is 0.852. The van der Waals surface area contributed by atoms with Crippen LogP contribution in [0, 0.1) is 11.3 Å². The van der Waals surface area contributed by atoms with Gasteiger partial charge < -0.3 is 15.1 Å². The molecule has 0 radical (unpaired) electrons. The highest BCUT2D eigenvalue weighted by molar-refractivity contribution is 5.76. The average Bonchev–Trinajstić information content (AvgIpc) is 2.86. The lowest BCUT2D eigenvalue weighted by molar-refractivity contribution is -0.154. The van der Waals surface area contributed by atoms with Crippen molar-refractivity contribution in [2.45, 2.75) is 84.0 Å². The summed E-state index contributed by atoms with van der Waals surface area (Å²) in [5.41, 5.74) is -0.0365. The van der Waals surface area contributed by atoms with Gasteiger partial charge >= 0.3 is 0 Å². The van der Waals surface area contributed by atoms with Crippen molar-refractivity contribution in [3.63, 3.8) is 0 Å².